The van der Waals surface area contributed by atoms with E-state index in [0.29, 0.717) is 81.2 Å². The van der Waals surface area contributed by atoms with Gasteiger partial charge in [0.1, 0.15) is 22.9 Å². The highest BCUT2D eigenvalue weighted by atomic mass is 35.5. The number of methoxy groups -OCH3 is 2. The van der Waals surface area contributed by atoms with E-state index < -0.39 is 5.41 Å². The Bertz CT molecular complexity index is 3570. The molecular weight excluding hydrogens is 1240 g/mol. The van der Waals surface area contributed by atoms with Gasteiger partial charge in [0.25, 0.3) is 0 Å². The lowest BCUT2D eigenvalue weighted by atomic mass is 9.34. The minimum absolute atomic E-state index is 0.120. The standard InChI is InChI=1S/C41H57ClN2O3.C30H46Cl2O.C11H12N2O2/c1-36(2)32-15-18-41(7)33(39(32,5)17-16-34(36)42)14-13-29-30-24-38(4,20-19-37(30,3)21-22-40(29,41)6)35(45)43-25-28-23-31(44-47-28)26-9-11-27(46-8)12-10-26;1-25(2)21-10-13-30(7)22(28(21,5)12-11-23(25)31)9-8-19-20-18-27(4,24(32)33)15-14-26(20,3)16-17-29(19,30)6;1-14-9-4-2-8(3-5-9)11-6-10(7-12)15-13-11/h9-13,23,30,32-34H,14-22,24-25H2,1-8H3,(H,43,45);8,20-23H,9-18H2,1-7H3;2-6H,7,12H2,1H3/t30-,32?,33?,34-,37+,38-,39-,40+,41+;20-,21?,22?,23-,26+,27-,28-,29+,30+;/m00./s1. The Balaban J connectivity index is 0.000000155. The number of halogens is 3. The third kappa shape index (κ3) is 11.4. The normalized spacial score (nSPS) is 41.7. The maximum atomic E-state index is 14.0. The Morgan fingerprint density at radius 3 is 1.34 bits per heavy atom. The van der Waals surface area contributed by atoms with Crippen LogP contribution in [0.15, 0.2) is 93.0 Å². The Kier molecular flexibility index (Phi) is 18.6. The van der Waals surface area contributed by atoms with Gasteiger partial charge in [-0.2, -0.15) is 0 Å². The zero-order valence-electron chi connectivity index (χ0n) is 60.7. The number of rotatable bonds is 9. The van der Waals surface area contributed by atoms with Crippen molar-refractivity contribution in [3.8, 4) is 34.0 Å². The highest BCUT2D eigenvalue weighted by molar-refractivity contribution is 6.64. The van der Waals surface area contributed by atoms with Crippen molar-refractivity contribution in [2.45, 2.75) is 249 Å². The number of carbonyl (C=O) groups is 2. The predicted molar refractivity (Wildman–Crippen MR) is 385 cm³/mol. The number of allylic oxidation sites excluding steroid dienone is 4. The summed E-state index contributed by atoms with van der Waals surface area (Å²) in [7, 11) is 3.30. The summed E-state index contributed by atoms with van der Waals surface area (Å²) in [5.74, 6) is 6.83. The zero-order valence-corrected chi connectivity index (χ0v) is 62.9. The molecule has 2 heterocycles. The molecule has 520 valence electrons. The minimum Gasteiger partial charge on any atom is -0.497 e. The molecule has 2 aromatic carbocycles. The van der Waals surface area contributed by atoms with Crippen LogP contribution in [0.4, 0.5) is 0 Å². The van der Waals surface area contributed by atoms with Crippen molar-refractivity contribution >= 4 is 46.0 Å². The minimum atomic E-state index is -0.410. The molecule has 0 spiro atoms. The summed E-state index contributed by atoms with van der Waals surface area (Å²) in [6.45, 7) is 35.7. The van der Waals surface area contributed by atoms with E-state index in [9.17, 15) is 9.59 Å². The number of aromatic nitrogens is 2. The fraction of sp³-hybridized carbons (Fsp3) is 0.707. The van der Waals surface area contributed by atoms with Crippen LogP contribution in [0.3, 0.4) is 0 Å². The van der Waals surface area contributed by atoms with Gasteiger partial charge < -0.3 is 29.6 Å². The Morgan fingerprint density at radius 2 is 0.926 bits per heavy atom. The lowest BCUT2D eigenvalue weighted by Crippen LogP contribution is -2.64. The molecule has 8 fully saturated rings. The van der Waals surface area contributed by atoms with Crippen LogP contribution in [0.5, 0.6) is 11.5 Å². The van der Waals surface area contributed by atoms with Gasteiger partial charge >= 0.3 is 0 Å². The predicted octanol–water partition coefficient (Wildman–Crippen LogP) is 21.3. The van der Waals surface area contributed by atoms with Crippen molar-refractivity contribution in [2.75, 3.05) is 14.2 Å². The first-order valence-corrected chi connectivity index (χ1v) is 37.9. The maximum absolute atomic E-state index is 14.0. The highest BCUT2D eigenvalue weighted by Crippen LogP contribution is 2.78. The van der Waals surface area contributed by atoms with Crippen molar-refractivity contribution < 1.29 is 28.1 Å². The molecule has 14 rings (SSSR count). The summed E-state index contributed by atoms with van der Waals surface area (Å²) in [5, 5.41) is 11.9. The molecule has 10 aliphatic rings. The molecule has 3 N–H and O–H groups in total. The van der Waals surface area contributed by atoms with E-state index in [-0.39, 0.29) is 54.4 Å². The second-order valence-electron chi connectivity index (χ2n) is 36.2. The number of nitrogens with two attached hydrogens (primary N) is 1. The molecule has 13 heteroatoms. The molecule has 0 bridgehead atoms. The summed E-state index contributed by atoms with van der Waals surface area (Å²) >= 11 is 20.1. The second kappa shape index (κ2) is 24.9. The second-order valence-corrected chi connectivity index (χ2v) is 37.6. The van der Waals surface area contributed by atoms with E-state index in [1.54, 1.807) is 25.4 Å². The molecule has 4 unspecified atom stereocenters. The molecular formula is C82H115Cl3N4O6. The third-order valence-electron chi connectivity index (χ3n) is 31.0. The Morgan fingerprint density at radius 1 is 0.526 bits per heavy atom. The largest absolute Gasteiger partial charge is 0.497 e. The summed E-state index contributed by atoms with van der Waals surface area (Å²) in [6.07, 6.45) is 28.9. The number of amides is 1. The van der Waals surface area contributed by atoms with Crippen LogP contribution in [-0.4, -0.2) is 46.4 Å². The number of benzene rings is 2. The topological polar surface area (TPSA) is 143 Å². The number of nitrogens with one attached hydrogen (secondary N) is 1. The number of nitrogens with zero attached hydrogens (tertiary/aromatic N) is 2. The first-order chi connectivity index (χ1) is 44.6. The van der Waals surface area contributed by atoms with Crippen molar-refractivity contribution in [1.29, 1.82) is 0 Å². The van der Waals surface area contributed by atoms with E-state index in [1.165, 1.54) is 77.0 Å². The SMILES string of the molecule is CC1(C)C2CC[C@]3(C)C(CC=C4[C@@H]5C[C@@](C)(C(=O)Cl)CC[C@]5(C)CC[C@]43C)[C@@]2(C)CC[C@@H]1Cl.COc1ccc(-c2cc(CN)on2)cc1.COc1ccc(-c2cc(CNC(=O)[C@@]3(C)CC[C@]4(C)CC[C@]5(C)C(=CCC6[C@@]7(C)CC[C@H](Cl)C(C)(C)C7CC[C@]65C)[C@@H]4C3)on2)cc1. The summed E-state index contributed by atoms with van der Waals surface area (Å²) in [4.78, 5) is 26.5. The van der Waals surface area contributed by atoms with Crippen molar-refractivity contribution in [3.05, 3.63) is 95.5 Å². The van der Waals surface area contributed by atoms with Gasteiger partial charge in [-0.3, -0.25) is 9.59 Å². The van der Waals surface area contributed by atoms with Gasteiger partial charge in [-0.25, -0.2) is 0 Å². The molecule has 1 amide bonds. The van der Waals surface area contributed by atoms with Crippen LogP contribution >= 0.6 is 34.8 Å². The van der Waals surface area contributed by atoms with E-state index >= 15 is 0 Å². The van der Waals surface area contributed by atoms with Gasteiger partial charge in [0.2, 0.25) is 11.1 Å². The number of hydrogen-bond donors (Lipinski definition) is 2. The van der Waals surface area contributed by atoms with E-state index in [0.717, 1.165) is 91.3 Å². The van der Waals surface area contributed by atoms with Gasteiger partial charge in [0.05, 0.1) is 27.3 Å². The smallest absolute Gasteiger partial charge is 0.227 e. The summed E-state index contributed by atoms with van der Waals surface area (Å²) in [5.41, 5.74) is 14.2. The van der Waals surface area contributed by atoms with E-state index in [1.807, 2.05) is 60.7 Å². The van der Waals surface area contributed by atoms with Crippen molar-refractivity contribution in [2.24, 2.45) is 106 Å². The number of carbonyl (C=O) groups excluding carboxylic acids is 2. The van der Waals surface area contributed by atoms with Gasteiger partial charge in [-0.1, -0.05) is 131 Å². The van der Waals surface area contributed by atoms with Gasteiger partial charge in [0, 0.05) is 44.8 Å². The third-order valence-corrected chi connectivity index (χ3v) is 33.0. The first-order valence-electron chi connectivity index (χ1n) is 36.6. The molecule has 0 saturated heterocycles. The molecule has 95 heavy (non-hydrogen) atoms. The average molecular weight is 1360 g/mol. The van der Waals surface area contributed by atoms with Crippen LogP contribution in [0.1, 0.15) is 237 Å². The van der Waals surface area contributed by atoms with Crippen LogP contribution in [-0.2, 0) is 22.7 Å². The molecule has 0 radical (unpaired) electrons. The molecule has 2 aromatic heterocycles. The van der Waals surface area contributed by atoms with Crippen LogP contribution < -0.4 is 20.5 Å². The van der Waals surface area contributed by atoms with Crippen LogP contribution in [0.2, 0.25) is 0 Å². The molecule has 18 atom stereocenters. The number of hydrogen-bond acceptors (Lipinski definition) is 9. The fourth-order valence-corrected chi connectivity index (χ4v) is 24.7. The highest BCUT2D eigenvalue weighted by Gasteiger charge is 2.70. The molecule has 8 saturated carbocycles. The average Bonchev–Trinajstić information content (AvgIpc) is 1.02. The van der Waals surface area contributed by atoms with Gasteiger partial charge in [-0.15, -0.1) is 23.2 Å². The summed E-state index contributed by atoms with van der Waals surface area (Å²) in [6, 6.07) is 19.1. The number of ether oxygens (including phenoxy) is 2. The first kappa shape index (κ1) is 70.8. The van der Waals surface area contributed by atoms with Gasteiger partial charge in [-0.05, 0) is 278 Å². The van der Waals surface area contributed by atoms with Crippen LogP contribution in [0.25, 0.3) is 22.5 Å². The summed E-state index contributed by atoms with van der Waals surface area (Å²) < 4.78 is 21.0. The lowest BCUT2D eigenvalue weighted by Gasteiger charge is -2.71. The molecule has 10 nitrogen and oxygen atoms in total. The van der Waals surface area contributed by atoms with Crippen molar-refractivity contribution in [3.63, 3.8) is 0 Å². The van der Waals surface area contributed by atoms with Crippen LogP contribution in [0, 0.1) is 100 Å². The number of alkyl halides is 2. The monoisotopic (exact) mass is 1360 g/mol. The van der Waals surface area contributed by atoms with E-state index in [2.05, 4.69) is 125 Å². The fourth-order valence-electron chi connectivity index (χ4n) is 24.0. The lowest BCUT2D eigenvalue weighted by molar-refractivity contribution is -0.179. The van der Waals surface area contributed by atoms with Crippen molar-refractivity contribution in [1.82, 2.24) is 15.6 Å². The quantitative estimate of drug-likeness (QED) is 0.0951. The molecule has 10 aliphatic carbocycles. The Labute approximate surface area is 585 Å². The van der Waals surface area contributed by atoms with E-state index in [4.69, 9.17) is 59.1 Å². The molecule has 0 aliphatic heterocycles. The van der Waals surface area contributed by atoms with Gasteiger partial charge in [0.15, 0.2) is 11.5 Å². The zero-order chi connectivity index (χ0) is 68.5. The Hall–Kier alpha value is -4.09. The maximum Gasteiger partial charge on any atom is 0.227 e. The number of fused-ring (bicyclic) bond motifs is 14. The molecule has 4 aromatic rings.